The molecule has 1 N–H and O–H groups in total. The smallest absolute Gasteiger partial charge is 0.271 e. The summed E-state index contributed by atoms with van der Waals surface area (Å²) in [5.41, 5.74) is -0.228. The second-order valence-corrected chi connectivity index (χ2v) is 4.39. The second kappa shape index (κ2) is 4.78. The third-order valence-corrected chi connectivity index (χ3v) is 3.11. The van der Waals surface area contributed by atoms with Crippen molar-refractivity contribution < 1.29 is 14.4 Å². The van der Waals surface area contributed by atoms with E-state index >= 15 is 0 Å². The summed E-state index contributed by atoms with van der Waals surface area (Å²) in [6.45, 7) is 0. The molecule has 1 fully saturated rings. The van der Waals surface area contributed by atoms with E-state index in [-0.39, 0.29) is 11.8 Å². The zero-order valence-electron chi connectivity index (χ0n) is 10.5. The second-order valence-electron chi connectivity index (χ2n) is 4.39. The number of nitrogens with zero attached hydrogens (tertiary/aromatic N) is 1. The van der Waals surface area contributed by atoms with Gasteiger partial charge >= 0.3 is 0 Å². The van der Waals surface area contributed by atoms with Gasteiger partial charge in [0.2, 0.25) is 0 Å². The van der Waals surface area contributed by atoms with Gasteiger partial charge in [0.05, 0.1) is 7.11 Å². The molecule has 0 atom stereocenters. The highest BCUT2D eigenvalue weighted by Gasteiger charge is 2.52. The molecule has 0 aliphatic heterocycles. The van der Waals surface area contributed by atoms with Gasteiger partial charge in [0.1, 0.15) is 5.54 Å². The molecule has 0 spiro atoms. The number of benzene rings is 1. The highest BCUT2D eigenvalue weighted by molar-refractivity contribution is 6.00. The lowest BCUT2D eigenvalue weighted by atomic mass is 10.1. The van der Waals surface area contributed by atoms with Gasteiger partial charge < -0.3 is 5.32 Å². The Kier molecular flexibility index (Phi) is 3.34. The minimum absolute atomic E-state index is 0.214. The monoisotopic (exact) mass is 248 g/mol. The van der Waals surface area contributed by atoms with Crippen LogP contribution in [0.4, 0.5) is 0 Å². The van der Waals surface area contributed by atoms with Crippen LogP contribution >= 0.6 is 0 Å². The van der Waals surface area contributed by atoms with Gasteiger partial charge in [-0.25, -0.2) is 5.06 Å². The summed E-state index contributed by atoms with van der Waals surface area (Å²) >= 11 is 0. The maximum atomic E-state index is 12.0. The Morgan fingerprint density at radius 3 is 2.39 bits per heavy atom. The topological polar surface area (TPSA) is 58.6 Å². The van der Waals surface area contributed by atoms with Crippen molar-refractivity contribution in [3.8, 4) is 0 Å². The predicted molar refractivity (Wildman–Crippen MR) is 65.7 cm³/mol. The van der Waals surface area contributed by atoms with Crippen LogP contribution in [-0.4, -0.2) is 36.6 Å². The summed E-state index contributed by atoms with van der Waals surface area (Å²) in [7, 11) is 2.96. The van der Waals surface area contributed by atoms with Gasteiger partial charge in [-0.1, -0.05) is 18.2 Å². The van der Waals surface area contributed by atoms with E-state index in [4.69, 9.17) is 4.84 Å². The van der Waals surface area contributed by atoms with Crippen molar-refractivity contribution in [2.45, 2.75) is 18.4 Å². The van der Waals surface area contributed by atoms with Crippen molar-refractivity contribution in [2.24, 2.45) is 0 Å². The van der Waals surface area contributed by atoms with Gasteiger partial charge in [0.15, 0.2) is 0 Å². The Balaban J connectivity index is 2.06. The summed E-state index contributed by atoms with van der Waals surface area (Å²) in [6, 6.07) is 8.86. The maximum absolute atomic E-state index is 12.0. The van der Waals surface area contributed by atoms with E-state index in [0.29, 0.717) is 18.4 Å². The van der Waals surface area contributed by atoms with E-state index in [1.54, 1.807) is 24.3 Å². The number of carbonyl (C=O) groups is 2. The van der Waals surface area contributed by atoms with E-state index in [1.165, 1.54) is 14.2 Å². The Hall–Kier alpha value is -1.88. The first-order valence-corrected chi connectivity index (χ1v) is 5.79. The number of likely N-dealkylation sites (N-methyl/N-ethyl adjacent to an activating group) is 1. The van der Waals surface area contributed by atoms with Crippen LogP contribution in [0.1, 0.15) is 23.2 Å². The van der Waals surface area contributed by atoms with Crippen molar-refractivity contribution in [1.82, 2.24) is 10.4 Å². The summed E-state index contributed by atoms with van der Waals surface area (Å²) in [5, 5.41) is 3.94. The fourth-order valence-electron chi connectivity index (χ4n) is 1.78. The van der Waals surface area contributed by atoms with Crippen molar-refractivity contribution in [3.63, 3.8) is 0 Å². The molecule has 1 aromatic rings. The first kappa shape index (κ1) is 12.6. The fraction of sp³-hybridized carbons (Fsp3) is 0.385. The summed E-state index contributed by atoms with van der Waals surface area (Å²) in [6.07, 6.45) is 1.30. The van der Waals surface area contributed by atoms with E-state index in [9.17, 15) is 9.59 Å². The lowest BCUT2D eigenvalue weighted by Gasteiger charge is -2.22. The third kappa shape index (κ3) is 2.36. The first-order chi connectivity index (χ1) is 8.59. The average molecular weight is 248 g/mol. The molecular weight excluding hydrogens is 232 g/mol. The number of hydroxylamine groups is 2. The summed E-state index contributed by atoms with van der Waals surface area (Å²) < 4.78 is 0. The Bertz CT molecular complexity index is 455. The molecule has 0 radical (unpaired) electrons. The van der Waals surface area contributed by atoms with Crippen LogP contribution in [0.2, 0.25) is 0 Å². The first-order valence-electron chi connectivity index (χ1n) is 5.79. The minimum Gasteiger partial charge on any atom is -0.338 e. The molecule has 1 aromatic carbocycles. The molecule has 5 nitrogen and oxygen atoms in total. The third-order valence-electron chi connectivity index (χ3n) is 3.11. The molecule has 96 valence electrons. The zero-order chi connectivity index (χ0) is 13.2. The molecule has 2 rings (SSSR count). The molecule has 1 aliphatic rings. The van der Waals surface area contributed by atoms with Crippen LogP contribution in [0.15, 0.2) is 30.3 Å². The normalized spacial score (nSPS) is 15.9. The SMILES string of the molecule is CON(C)C(=O)C1(NC(=O)c2ccccc2)CC1. The van der Waals surface area contributed by atoms with Crippen molar-refractivity contribution >= 4 is 11.8 Å². The largest absolute Gasteiger partial charge is 0.338 e. The summed E-state index contributed by atoms with van der Waals surface area (Å²) in [4.78, 5) is 28.9. The molecule has 0 heterocycles. The van der Waals surface area contributed by atoms with Crippen LogP contribution in [0, 0.1) is 0 Å². The van der Waals surface area contributed by atoms with Gasteiger partial charge in [0, 0.05) is 12.6 Å². The van der Waals surface area contributed by atoms with Crippen LogP contribution in [0.5, 0.6) is 0 Å². The molecular formula is C13H16N2O3. The van der Waals surface area contributed by atoms with Crippen molar-refractivity contribution in [3.05, 3.63) is 35.9 Å². The Morgan fingerprint density at radius 2 is 1.89 bits per heavy atom. The van der Waals surface area contributed by atoms with E-state index in [2.05, 4.69) is 5.32 Å². The molecule has 0 bridgehead atoms. The van der Waals surface area contributed by atoms with E-state index in [0.717, 1.165) is 5.06 Å². The van der Waals surface area contributed by atoms with Crippen LogP contribution in [0.3, 0.4) is 0 Å². The summed E-state index contributed by atoms with van der Waals surface area (Å²) in [5.74, 6) is -0.444. The van der Waals surface area contributed by atoms with E-state index < -0.39 is 5.54 Å². The highest BCUT2D eigenvalue weighted by Crippen LogP contribution is 2.37. The van der Waals surface area contributed by atoms with Gasteiger partial charge in [-0.2, -0.15) is 0 Å². The standard InChI is InChI=1S/C13H16N2O3/c1-15(18-2)12(17)13(8-9-13)14-11(16)10-6-4-3-5-7-10/h3-7H,8-9H2,1-2H3,(H,14,16). The molecule has 0 unspecified atom stereocenters. The highest BCUT2D eigenvalue weighted by atomic mass is 16.7. The lowest BCUT2D eigenvalue weighted by molar-refractivity contribution is -0.172. The Labute approximate surface area is 106 Å². The van der Waals surface area contributed by atoms with Gasteiger partial charge in [0.25, 0.3) is 11.8 Å². The van der Waals surface area contributed by atoms with E-state index in [1.807, 2.05) is 6.07 Å². The minimum atomic E-state index is -0.780. The quantitative estimate of drug-likeness (QED) is 0.808. The van der Waals surface area contributed by atoms with Crippen LogP contribution in [-0.2, 0) is 9.63 Å². The zero-order valence-corrected chi connectivity index (χ0v) is 10.5. The van der Waals surface area contributed by atoms with Crippen molar-refractivity contribution in [1.29, 1.82) is 0 Å². The van der Waals surface area contributed by atoms with Gasteiger partial charge in [-0.3, -0.25) is 14.4 Å². The predicted octanol–water partition coefficient (Wildman–Crippen LogP) is 0.969. The number of hydrogen-bond donors (Lipinski definition) is 1. The lowest BCUT2D eigenvalue weighted by Crippen LogP contribution is -2.49. The Morgan fingerprint density at radius 1 is 1.28 bits per heavy atom. The molecule has 1 saturated carbocycles. The molecule has 5 heteroatoms. The number of nitrogens with one attached hydrogen (secondary N) is 1. The van der Waals surface area contributed by atoms with Crippen molar-refractivity contribution in [2.75, 3.05) is 14.2 Å². The number of rotatable bonds is 4. The molecule has 0 aromatic heterocycles. The number of amides is 2. The average Bonchev–Trinajstić information content (AvgIpc) is 3.18. The molecule has 2 amide bonds. The number of carbonyl (C=O) groups excluding carboxylic acids is 2. The van der Waals surface area contributed by atoms with Crippen LogP contribution < -0.4 is 5.32 Å². The molecule has 1 aliphatic carbocycles. The van der Waals surface area contributed by atoms with Gasteiger partial charge in [-0.05, 0) is 25.0 Å². The number of hydrogen-bond acceptors (Lipinski definition) is 3. The fourth-order valence-corrected chi connectivity index (χ4v) is 1.78. The molecule has 18 heavy (non-hydrogen) atoms. The molecule has 0 saturated heterocycles. The van der Waals surface area contributed by atoms with Crippen LogP contribution in [0.25, 0.3) is 0 Å². The maximum Gasteiger partial charge on any atom is 0.271 e. The van der Waals surface area contributed by atoms with Gasteiger partial charge in [-0.15, -0.1) is 0 Å².